The van der Waals surface area contributed by atoms with Crippen LogP contribution in [0, 0.1) is 0 Å². The first-order valence-corrected chi connectivity index (χ1v) is 9.17. The zero-order valence-corrected chi connectivity index (χ0v) is 14.6. The van der Waals surface area contributed by atoms with Crippen molar-refractivity contribution in [2.45, 2.75) is 24.3 Å². The summed E-state index contributed by atoms with van der Waals surface area (Å²) in [6, 6.07) is 14.6. The number of carbonyl (C=O) groups is 3. The predicted molar refractivity (Wildman–Crippen MR) is 97.4 cm³/mol. The summed E-state index contributed by atoms with van der Waals surface area (Å²) < 4.78 is 0. The number of amides is 3. The van der Waals surface area contributed by atoms with E-state index < -0.39 is 0 Å². The monoisotopic (exact) mass is 354 g/mol. The molecule has 0 bridgehead atoms. The van der Waals surface area contributed by atoms with E-state index in [0.717, 1.165) is 16.1 Å². The third-order valence-corrected chi connectivity index (χ3v) is 4.80. The topological polar surface area (TPSA) is 66.5 Å². The summed E-state index contributed by atoms with van der Waals surface area (Å²) in [4.78, 5) is 38.0. The smallest absolute Gasteiger partial charge is 0.255 e. The van der Waals surface area contributed by atoms with Crippen molar-refractivity contribution in [3.8, 4) is 0 Å². The van der Waals surface area contributed by atoms with Crippen LogP contribution in [-0.2, 0) is 16.1 Å². The fraction of sp³-hybridized carbons (Fsp3) is 0.211. The SMILES string of the molecule is CSc1ccc(NC(=O)c2ccc(CN3C(=O)CCC3=O)cc2)cc1. The third kappa shape index (κ3) is 4.09. The molecular formula is C19H18N2O3S. The van der Waals surface area contributed by atoms with Gasteiger partial charge in [-0.3, -0.25) is 19.3 Å². The lowest BCUT2D eigenvalue weighted by molar-refractivity contribution is -0.139. The summed E-state index contributed by atoms with van der Waals surface area (Å²) in [7, 11) is 0. The average molecular weight is 354 g/mol. The fourth-order valence-corrected chi connectivity index (χ4v) is 3.03. The van der Waals surface area contributed by atoms with Crippen molar-refractivity contribution in [1.82, 2.24) is 4.90 Å². The van der Waals surface area contributed by atoms with Crippen LogP contribution in [0.25, 0.3) is 0 Å². The second kappa shape index (κ2) is 7.53. The summed E-state index contributed by atoms with van der Waals surface area (Å²) in [5, 5.41) is 2.85. The summed E-state index contributed by atoms with van der Waals surface area (Å²) in [5.74, 6) is -0.474. The van der Waals surface area contributed by atoms with Gasteiger partial charge in [0.15, 0.2) is 0 Å². The zero-order valence-electron chi connectivity index (χ0n) is 13.8. The summed E-state index contributed by atoms with van der Waals surface area (Å²) >= 11 is 1.64. The Morgan fingerprint density at radius 2 is 1.60 bits per heavy atom. The summed E-state index contributed by atoms with van der Waals surface area (Å²) in [6.07, 6.45) is 2.57. The van der Waals surface area contributed by atoms with Crippen LogP contribution in [-0.4, -0.2) is 28.9 Å². The predicted octanol–water partition coefficient (Wildman–Crippen LogP) is 3.31. The van der Waals surface area contributed by atoms with Crippen LogP contribution in [0.2, 0.25) is 0 Å². The maximum absolute atomic E-state index is 12.3. The Morgan fingerprint density at radius 3 is 2.16 bits per heavy atom. The van der Waals surface area contributed by atoms with Gasteiger partial charge in [0.1, 0.15) is 0 Å². The lowest BCUT2D eigenvalue weighted by atomic mass is 10.1. The number of nitrogens with one attached hydrogen (secondary N) is 1. The van der Waals surface area contributed by atoms with E-state index in [4.69, 9.17) is 0 Å². The van der Waals surface area contributed by atoms with E-state index in [1.807, 2.05) is 30.5 Å². The third-order valence-electron chi connectivity index (χ3n) is 4.06. The van der Waals surface area contributed by atoms with Gasteiger partial charge in [0.05, 0.1) is 6.54 Å². The molecule has 3 amide bonds. The molecule has 2 aromatic rings. The second-order valence-corrected chi connectivity index (χ2v) is 6.63. The Labute approximate surface area is 150 Å². The molecular weight excluding hydrogens is 336 g/mol. The first-order valence-electron chi connectivity index (χ1n) is 7.94. The molecule has 1 fully saturated rings. The normalized spacial score (nSPS) is 14.0. The number of nitrogens with zero attached hydrogens (tertiary/aromatic N) is 1. The molecule has 0 unspecified atom stereocenters. The van der Waals surface area contributed by atoms with Crippen molar-refractivity contribution in [2.24, 2.45) is 0 Å². The lowest BCUT2D eigenvalue weighted by Crippen LogP contribution is -2.28. The van der Waals surface area contributed by atoms with E-state index in [9.17, 15) is 14.4 Å². The average Bonchev–Trinajstić information content (AvgIpc) is 2.95. The lowest BCUT2D eigenvalue weighted by Gasteiger charge is -2.14. The molecule has 1 saturated heterocycles. The largest absolute Gasteiger partial charge is 0.322 e. The van der Waals surface area contributed by atoms with Crippen molar-refractivity contribution < 1.29 is 14.4 Å². The van der Waals surface area contributed by atoms with Crippen molar-refractivity contribution in [3.05, 3.63) is 59.7 Å². The van der Waals surface area contributed by atoms with Crippen LogP contribution in [0.15, 0.2) is 53.4 Å². The first kappa shape index (κ1) is 17.2. The Bertz CT molecular complexity index is 784. The number of likely N-dealkylation sites (tertiary alicyclic amines) is 1. The van der Waals surface area contributed by atoms with E-state index in [2.05, 4.69) is 5.32 Å². The number of benzene rings is 2. The number of rotatable bonds is 5. The van der Waals surface area contributed by atoms with Crippen molar-refractivity contribution >= 4 is 35.2 Å². The van der Waals surface area contributed by atoms with Crippen LogP contribution < -0.4 is 5.32 Å². The molecule has 0 radical (unpaired) electrons. The molecule has 1 heterocycles. The van der Waals surface area contributed by atoms with Gasteiger partial charge in [0, 0.05) is 29.0 Å². The Kier molecular flexibility index (Phi) is 5.19. The molecule has 5 nitrogen and oxygen atoms in total. The highest BCUT2D eigenvalue weighted by molar-refractivity contribution is 7.98. The molecule has 1 aliphatic heterocycles. The maximum Gasteiger partial charge on any atom is 0.255 e. The number of carbonyl (C=O) groups excluding carboxylic acids is 3. The highest BCUT2D eigenvalue weighted by Crippen LogP contribution is 2.19. The van der Waals surface area contributed by atoms with Crippen molar-refractivity contribution in [1.29, 1.82) is 0 Å². The standard InChI is InChI=1S/C19H18N2O3S/c1-25-16-8-6-15(7-9-16)20-19(24)14-4-2-13(3-5-14)12-21-17(22)10-11-18(21)23/h2-9H,10-12H2,1H3,(H,20,24). The van der Waals surface area contributed by atoms with E-state index >= 15 is 0 Å². The molecule has 1 N–H and O–H groups in total. The molecule has 0 aliphatic carbocycles. The molecule has 2 aromatic carbocycles. The van der Waals surface area contributed by atoms with E-state index in [-0.39, 0.29) is 37.1 Å². The van der Waals surface area contributed by atoms with E-state index in [1.54, 1.807) is 36.0 Å². The molecule has 0 atom stereocenters. The minimum absolute atomic E-state index is 0.138. The van der Waals surface area contributed by atoms with Gasteiger partial charge >= 0.3 is 0 Å². The van der Waals surface area contributed by atoms with Crippen molar-refractivity contribution in [2.75, 3.05) is 11.6 Å². The number of hydrogen-bond donors (Lipinski definition) is 1. The molecule has 128 valence electrons. The number of imide groups is 1. The van der Waals surface area contributed by atoms with Crippen LogP contribution in [0.5, 0.6) is 0 Å². The second-order valence-electron chi connectivity index (χ2n) is 5.75. The molecule has 1 aliphatic rings. The first-order chi connectivity index (χ1) is 12.1. The van der Waals surface area contributed by atoms with Crippen LogP contribution in [0.3, 0.4) is 0 Å². The molecule has 0 aromatic heterocycles. The van der Waals surface area contributed by atoms with Gasteiger partial charge in [0.25, 0.3) is 5.91 Å². The Balaban J connectivity index is 1.63. The molecule has 0 saturated carbocycles. The van der Waals surface area contributed by atoms with Crippen molar-refractivity contribution in [3.63, 3.8) is 0 Å². The maximum atomic E-state index is 12.3. The van der Waals surface area contributed by atoms with Crippen LogP contribution in [0.4, 0.5) is 5.69 Å². The zero-order chi connectivity index (χ0) is 17.8. The fourth-order valence-electron chi connectivity index (χ4n) is 2.62. The van der Waals surface area contributed by atoms with Crippen LogP contribution in [0.1, 0.15) is 28.8 Å². The number of anilines is 1. The van der Waals surface area contributed by atoms with Gasteiger partial charge in [-0.2, -0.15) is 0 Å². The Morgan fingerprint density at radius 1 is 1.00 bits per heavy atom. The van der Waals surface area contributed by atoms with Gasteiger partial charge in [-0.05, 0) is 48.2 Å². The summed E-state index contributed by atoms with van der Waals surface area (Å²) in [5.41, 5.74) is 2.08. The highest BCUT2D eigenvalue weighted by atomic mass is 32.2. The van der Waals surface area contributed by atoms with E-state index in [1.165, 1.54) is 4.90 Å². The molecule has 6 heteroatoms. The van der Waals surface area contributed by atoms with Gasteiger partial charge in [-0.25, -0.2) is 0 Å². The van der Waals surface area contributed by atoms with Gasteiger partial charge < -0.3 is 5.32 Å². The number of hydrogen-bond acceptors (Lipinski definition) is 4. The Hall–Kier alpha value is -2.60. The number of thioether (sulfide) groups is 1. The van der Waals surface area contributed by atoms with E-state index in [0.29, 0.717) is 5.56 Å². The molecule has 3 rings (SSSR count). The molecule has 25 heavy (non-hydrogen) atoms. The minimum Gasteiger partial charge on any atom is -0.322 e. The molecule has 0 spiro atoms. The van der Waals surface area contributed by atoms with Gasteiger partial charge in [0.2, 0.25) is 11.8 Å². The van der Waals surface area contributed by atoms with Gasteiger partial charge in [-0.1, -0.05) is 12.1 Å². The van der Waals surface area contributed by atoms with Gasteiger partial charge in [-0.15, -0.1) is 11.8 Å². The van der Waals surface area contributed by atoms with Crippen LogP contribution >= 0.6 is 11.8 Å². The highest BCUT2D eigenvalue weighted by Gasteiger charge is 2.28. The summed E-state index contributed by atoms with van der Waals surface area (Å²) in [6.45, 7) is 0.260. The quantitative estimate of drug-likeness (QED) is 0.661. The minimum atomic E-state index is -0.197.